The van der Waals surface area contributed by atoms with Crippen molar-refractivity contribution in [3.63, 3.8) is 0 Å². The Kier molecular flexibility index (Phi) is 6.80. The molecule has 1 atom stereocenters. The zero-order valence-electron chi connectivity index (χ0n) is 14.5. The van der Waals surface area contributed by atoms with E-state index in [1.165, 1.54) is 23.5 Å². The van der Waals surface area contributed by atoms with E-state index in [0.29, 0.717) is 32.2 Å². The van der Waals surface area contributed by atoms with Crippen LogP contribution in [0.5, 0.6) is 5.75 Å². The SMILES string of the molecule is COc1ccc(S(=O)(=O)N2CCN(C3CCNC3)CC2)c([N+](=O)[O-])c1.Cl. The monoisotopic (exact) mass is 406 g/mol. The van der Waals surface area contributed by atoms with Crippen molar-refractivity contribution in [2.45, 2.75) is 17.4 Å². The summed E-state index contributed by atoms with van der Waals surface area (Å²) in [6.07, 6.45) is 1.07. The molecule has 1 unspecified atom stereocenters. The molecule has 1 N–H and O–H groups in total. The molecule has 1 aromatic carbocycles. The molecule has 0 aromatic heterocycles. The molecule has 0 radical (unpaired) electrons. The molecule has 146 valence electrons. The Morgan fingerprint density at radius 1 is 1.27 bits per heavy atom. The summed E-state index contributed by atoms with van der Waals surface area (Å²) in [5.74, 6) is 0.254. The maximum absolute atomic E-state index is 12.9. The highest BCUT2D eigenvalue weighted by molar-refractivity contribution is 7.89. The van der Waals surface area contributed by atoms with Crippen LogP contribution in [0.2, 0.25) is 0 Å². The number of piperazine rings is 1. The Hall–Kier alpha value is -1.46. The summed E-state index contributed by atoms with van der Waals surface area (Å²) in [4.78, 5) is 12.6. The predicted molar refractivity (Wildman–Crippen MR) is 98.5 cm³/mol. The summed E-state index contributed by atoms with van der Waals surface area (Å²) in [6, 6.07) is 4.27. The summed E-state index contributed by atoms with van der Waals surface area (Å²) in [6.45, 7) is 3.85. The summed E-state index contributed by atoms with van der Waals surface area (Å²) in [5, 5.41) is 14.6. The maximum Gasteiger partial charge on any atom is 0.293 e. The van der Waals surface area contributed by atoms with Gasteiger partial charge in [-0.05, 0) is 25.1 Å². The van der Waals surface area contributed by atoms with Gasteiger partial charge in [0.15, 0.2) is 4.90 Å². The Morgan fingerprint density at radius 2 is 1.96 bits per heavy atom. The minimum Gasteiger partial charge on any atom is -0.497 e. The molecule has 2 aliphatic heterocycles. The molecule has 3 rings (SSSR count). The molecule has 1 aromatic rings. The second-order valence-electron chi connectivity index (χ2n) is 6.18. The van der Waals surface area contributed by atoms with E-state index < -0.39 is 20.6 Å². The quantitative estimate of drug-likeness (QED) is 0.566. The Labute approximate surface area is 158 Å². The zero-order valence-corrected chi connectivity index (χ0v) is 16.1. The van der Waals surface area contributed by atoms with Gasteiger partial charge in [0.2, 0.25) is 10.0 Å². The average molecular weight is 407 g/mol. The smallest absolute Gasteiger partial charge is 0.293 e. The maximum atomic E-state index is 12.9. The molecule has 9 nitrogen and oxygen atoms in total. The Morgan fingerprint density at radius 3 is 2.50 bits per heavy atom. The van der Waals surface area contributed by atoms with Gasteiger partial charge in [-0.2, -0.15) is 4.31 Å². The fraction of sp³-hybridized carbons (Fsp3) is 0.600. The van der Waals surface area contributed by atoms with Crippen LogP contribution < -0.4 is 10.1 Å². The van der Waals surface area contributed by atoms with E-state index in [1.807, 2.05) is 0 Å². The van der Waals surface area contributed by atoms with Crippen LogP contribution in [-0.4, -0.2) is 75.0 Å². The molecule has 2 saturated heterocycles. The van der Waals surface area contributed by atoms with Crippen molar-refractivity contribution >= 4 is 28.1 Å². The lowest BCUT2D eigenvalue weighted by Crippen LogP contribution is -2.52. The first-order valence-corrected chi connectivity index (χ1v) is 9.65. The number of nitro benzene ring substituents is 1. The highest BCUT2D eigenvalue weighted by Gasteiger charge is 2.35. The molecule has 26 heavy (non-hydrogen) atoms. The molecule has 0 aliphatic carbocycles. The highest BCUT2D eigenvalue weighted by atomic mass is 35.5. The number of benzene rings is 1. The van der Waals surface area contributed by atoms with Gasteiger partial charge in [-0.1, -0.05) is 0 Å². The average Bonchev–Trinajstić information content (AvgIpc) is 3.16. The van der Waals surface area contributed by atoms with Gasteiger partial charge < -0.3 is 10.1 Å². The van der Waals surface area contributed by atoms with Crippen LogP contribution in [-0.2, 0) is 10.0 Å². The standard InChI is InChI=1S/C15H22N4O5S.ClH/c1-24-13-2-3-15(14(10-13)19(20)21)25(22,23)18-8-6-17(7-9-18)12-4-5-16-11-12;/h2-3,10,12,16H,4-9,11H2,1H3;1H. The summed E-state index contributed by atoms with van der Waals surface area (Å²) in [7, 11) is -2.54. The third-order valence-corrected chi connectivity index (χ3v) is 6.75. The Bertz CT molecular complexity index is 746. The Balaban J connectivity index is 0.00000243. The first-order valence-electron chi connectivity index (χ1n) is 8.21. The number of rotatable bonds is 5. The van der Waals surface area contributed by atoms with Gasteiger partial charge in [-0.3, -0.25) is 15.0 Å². The summed E-state index contributed by atoms with van der Waals surface area (Å²) < 4.78 is 32.1. The second-order valence-corrected chi connectivity index (χ2v) is 8.08. The lowest BCUT2D eigenvalue weighted by Gasteiger charge is -2.37. The van der Waals surface area contributed by atoms with Crippen LogP contribution in [0.4, 0.5) is 5.69 Å². The fourth-order valence-electron chi connectivity index (χ4n) is 3.38. The van der Waals surface area contributed by atoms with Gasteiger partial charge in [0.1, 0.15) is 5.75 Å². The topological polar surface area (TPSA) is 105 Å². The molecule has 2 aliphatic rings. The van der Waals surface area contributed by atoms with E-state index in [9.17, 15) is 18.5 Å². The first-order chi connectivity index (χ1) is 11.9. The number of sulfonamides is 1. The number of halogens is 1. The summed E-state index contributed by atoms with van der Waals surface area (Å²) in [5.41, 5.74) is -0.457. The fourth-order valence-corrected chi connectivity index (χ4v) is 4.94. The third kappa shape index (κ3) is 4.09. The van der Waals surface area contributed by atoms with Gasteiger partial charge in [0.25, 0.3) is 5.69 Å². The van der Waals surface area contributed by atoms with Crippen LogP contribution in [0, 0.1) is 10.1 Å². The first kappa shape index (κ1) is 20.8. The van der Waals surface area contributed by atoms with Crippen LogP contribution >= 0.6 is 12.4 Å². The van der Waals surface area contributed by atoms with Crippen LogP contribution in [0.1, 0.15) is 6.42 Å². The highest BCUT2D eigenvalue weighted by Crippen LogP contribution is 2.31. The van der Waals surface area contributed by atoms with Crippen molar-refractivity contribution in [2.24, 2.45) is 0 Å². The lowest BCUT2D eigenvalue weighted by molar-refractivity contribution is -0.387. The molecular formula is C15H23ClN4O5S. The van der Waals surface area contributed by atoms with E-state index in [0.717, 1.165) is 25.6 Å². The molecule has 2 heterocycles. The second kappa shape index (κ2) is 8.49. The third-order valence-electron chi connectivity index (χ3n) is 4.80. The van der Waals surface area contributed by atoms with Gasteiger partial charge in [-0.15, -0.1) is 12.4 Å². The molecule has 0 saturated carbocycles. The van der Waals surface area contributed by atoms with Crippen LogP contribution in [0.3, 0.4) is 0 Å². The van der Waals surface area contributed by atoms with Crippen molar-refractivity contribution < 1.29 is 18.1 Å². The number of methoxy groups -OCH3 is 1. The predicted octanol–water partition coefficient (Wildman–Crippen LogP) is 0.693. The normalized spacial score (nSPS) is 22.0. The number of hydrogen-bond acceptors (Lipinski definition) is 7. The number of ether oxygens (including phenoxy) is 1. The number of hydrogen-bond donors (Lipinski definition) is 1. The zero-order chi connectivity index (χ0) is 18.0. The van der Waals surface area contributed by atoms with Crippen molar-refractivity contribution in [3.05, 3.63) is 28.3 Å². The van der Waals surface area contributed by atoms with E-state index in [-0.39, 0.29) is 23.1 Å². The van der Waals surface area contributed by atoms with E-state index >= 15 is 0 Å². The number of nitrogens with one attached hydrogen (secondary N) is 1. The van der Waals surface area contributed by atoms with Gasteiger partial charge in [0, 0.05) is 38.8 Å². The molecule has 11 heteroatoms. The van der Waals surface area contributed by atoms with Gasteiger partial charge in [0.05, 0.1) is 18.1 Å². The van der Waals surface area contributed by atoms with Crippen LogP contribution in [0.15, 0.2) is 23.1 Å². The molecule has 0 spiro atoms. The summed E-state index contributed by atoms with van der Waals surface area (Å²) >= 11 is 0. The van der Waals surface area contributed by atoms with Crippen LogP contribution in [0.25, 0.3) is 0 Å². The van der Waals surface area contributed by atoms with Gasteiger partial charge >= 0.3 is 0 Å². The molecular weight excluding hydrogens is 384 g/mol. The number of nitrogens with zero attached hydrogens (tertiary/aromatic N) is 3. The lowest BCUT2D eigenvalue weighted by atomic mass is 10.2. The molecule has 2 fully saturated rings. The minimum absolute atomic E-state index is 0. The van der Waals surface area contributed by atoms with Crippen molar-refractivity contribution in [1.29, 1.82) is 0 Å². The van der Waals surface area contributed by atoms with E-state index in [1.54, 1.807) is 0 Å². The minimum atomic E-state index is -3.92. The van der Waals surface area contributed by atoms with E-state index in [4.69, 9.17) is 4.74 Å². The van der Waals surface area contributed by atoms with Crippen molar-refractivity contribution in [3.8, 4) is 5.75 Å². The van der Waals surface area contributed by atoms with E-state index in [2.05, 4.69) is 10.2 Å². The van der Waals surface area contributed by atoms with Crippen molar-refractivity contribution in [1.82, 2.24) is 14.5 Å². The number of nitro groups is 1. The largest absolute Gasteiger partial charge is 0.497 e. The van der Waals surface area contributed by atoms with Gasteiger partial charge in [-0.25, -0.2) is 8.42 Å². The molecule has 0 bridgehead atoms. The molecule has 0 amide bonds. The van der Waals surface area contributed by atoms with Crippen molar-refractivity contribution in [2.75, 3.05) is 46.4 Å².